The smallest absolute Gasteiger partial charge is 0.410 e. The van der Waals surface area contributed by atoms with Gasteiger partial charge in [0.1, 0.15) is 11.6 Å². The van der Waals surface area contributed by atoms with Gasteiger partial charge in [-0.1, -0.05) is 13.8 Å². The Morgan fingerprint density at radius 2 is 2.00 bits per heavy atom. The summed E-state index contributed by atoms with van der Waals surface area (Å²) in [6, 6.07) is -0.773. The molecule has 7 heteroatoms. The van der Waals surface area contributed by atoms with Crippen molar-refractivity contribution in [3.8, 4) is 0 Å². The van der Waals surface area contributed by atoms with E-state index in [2.05, 4.69) is 5.32 Å². The van der Waals surface area contributed by atoms with Gasteiger partial charge < -0.3 is 15.2 Å². The Hall–Kier alpha value is -0.950. The Morgan fingerprint density at radius 1 is 1.40 bits per heavy atom. The van der Waals surface area contributed by atoms with Crippen LogP contribution in [-0.2, 0) is 9.53 Å². The zero-order chi connectivity index (χ0) is 19.4. The molecule has 0 bridgehead atoms. The summed E-state index contributed by atoms with van der Waals surface area (Å²) in [5.74, 6) is -0.185. The number of thioether (sulfide) groups is 1. The maximum Gasteiger partial charge on any atom is 0.410 e. The highest BCUT2D eigenvalue weighted by molar-refractivity contribution is 7.99. The average Bonchev–Trinajstić information content (AvgIpc) is 2.45. The Morgan fingerprint density at radius 3 is 2.48 bits per heavy atom. The molecule has 1 saturated heterocycles. The standard InChI is InChI=1S/C18H34N2O4S/c1-12(13(11-21)25-7)19-15(22)14-18(5,6)9-8-10-20(14)16(23)24-17(2,3)4/h12-14,21H,8-11H2,1-7H3,(H,19,22)/t12-,13+,14+/m0/s1. The van der Waals surface area contributed by atoms with Gasteiger partial charge in [0.15, 0.2) is 0 Å². The topological polar surface area (TPSA) is 78.9 Å². The number of carbonyl (C=O) groups is 2. The molecule has 0 aromatic heterocycles. The molecule has 25 heavy (non-hydrogen) atoms. The molecule has 1 aliphatic rings. The van der Waals surface area contributed by atoms with E-state index in [0.29, 0.717) is 6.54 Å². The predicted molar refractivity (Wildman–Crippen MR) is 102 cm³/mol. The van der Waals surface area contributed by atoms with Gasteiger partial charge in [-0.3, -0.25) is 9.69 Å². The van der Waals surface area contributed by atoms with E-state index in [0.717, 1.165) is 12.8 Å². The molecule has 1 rings (SSSR count). The van der Waals surface area contributed by atoms with Crippen LogP contribution in [-0.4, -0.2) is 64.3 Å². The first-order valence-electron chi connectivity index (χ1n) is 8.86. The first kappa shape index (κ1) is 22.1. The van der Waals surface area contributed by atoms with Crippen molar-refractivity contribution in [2.45, 2.75) is 77.3 Å². The number of ether oxygens (including phenoxy) is 1. The molecule has 1 fully saturated rings. The number of carbonyl (C=O) groups excluding carboxylic acids is 2. The van der Waals surface area contributed by atoms with Crippen LogP contribution in [0.3, 0.4) is 0 Å². The number of piperidine rings is 1. The van der Waals surface area contributed by atoms with Crippen LogP contribution in [0.25, 0.3) is 0 Å². The van der Waals surface area contributed by atoms with Gasteiger partial charge in [-0.05, 0) is 52.2 Å². The third-order valence-electron chi connectivity index (χ3n) is 4.56. The molecular formula is C18H34N2O4S. The van der Waals surface area contributed by atoms with E-state index >= 15 is 0 Å². The molecule has 0 aliphatic carbocycles. The molecule has 0 spiro atoms. The lowest BCUT2D eigenvalue weighted by molar-refractivity contribution is -0.133. The summed E-state index contributed by atoms with van der Waals surface area (Å²) < 4.78 is 5.51. The quantitative estimate of drug-likeness (QED) is 0.773. The van der Waals surface area contributed by atoms with Gasteiger partial charge in [0.2, 0.25) is 5.91 Å². The second kappa shape index (κ2) is 8.62. The van der Waals surface area contributed by atoms with Crippen LogP contribution in [0.15, 0.2) is 0 Å². The number of aliphatic hydroxyl groups excluding tert-OH is 1. The molecule has 2 amide bonds. The summed E-state index contributed by atoms with van der Waals surface area (Å²) in [4.78, 5) is 27.2. The number of hydrogen-bond acceptors (Lipinski definition) is 5. The highest BCUT2D eigenvalue weighted by atomic mass is 32.2. The Balaban J connectivity index is 2.98. The van der Waals surface area contributed by atoms with E-state index < -0.39 is 17.7 Å². The molecule has 0 aromatic rings. The minimum atomic E-state index is -0.603. The lowest BCUT2D eigenvalue weighted by Gasteiger charge is -2.45. The summed E-state index contributed by atoms with van der Waals surface area (Å²) in [6.45, 7) is 11.9. The van der Waals surface area contributed by atoms with Crippen LogP contribution in [0.1, 0.15) is 54.4 Å². The van der Waals surface area contributed by atoms with Gasteiger partial charge in [0.25, 0.3) is 0 Å². The molecule has 1 aliphatic heterocycles. The van der Waals surface area contributed by atoms with Crippen molar-refractivity contribution in [2.75, 3.05) is 19.4 Å². The van der Waals surface area contributed by atoms with Gasteiger partial charge in [-0.15, -0.1) is 0 Å². The van der Waals surface area contributed by atoms with Crippen LogP contribution < -0.4 is 5.32 Å². The van der Waals surface area contributed by atoms with Crippen LogP contribution in [0, 0.1) is 5.41 Å². The molecule has 0 aromatic carbocycles. The molecule has 0 unspecified atom stereocenters. The number of aliphatic hydroxyl groups is 1. The molecule has 0 saturated carbocycles. The first-order chi connectivity index (χ1) is 11.4. The largest absolute Gasteiger partial charge is 0.444 e. The molecule has 6 nitrogen and oxygen atoms in total. The van der Waals surface area contributed by atoms with Crippen LogP contribution in [0.5, 0.6) is 0 Å². The SMILES string of the molecule is CS[C@H](CO)[C@H](C)NC(=O)[C@H]1N(C(=O)OC(C)(C)C)CCCC1(C)C. The summed E-state index contributed by atoms with van der Waals surface area (Å²) >= 11 is 1.51. The highest BCUT2D eigenvalue weighted by Gasteiger charge is 2.46. The number of nitrogens with zero attached hydrogens (tertiary/aromatic N) is 1. The molecule has 1 heterocycles. The van der Waals surface area contributed by atoms with Gasteiger partial charge in [-0.25, -0.2) is 4.79 Å². The van der Waals surface area contributed by atoms with Crippen molar-refractivity contribution in [1.29, 1.82) is 0 Å². The number of amides is 2. The monoisotopic (exact) mass is 374 g/mol. The summed E-state index contributed by atoms with van der Waals surface area (Å²) in [5, 5.41) is 12.3. The zero-order valence-electron chi connectivity index (χ0n) is 16.6. The third-order valence-corrected chi connectivity index (χ3v) is 5.72. The number of rotatable bonds is 5. The normalized spacial score (nSPS) is 22.9. The van der Waals surface area contributed by atoms with Crippen LogP contribution in [0.2, 0.25) is 0 Å². The molecule has 3 atom stereocenters. The summed E-state index contributed by atoms with van der Waals surface area (Å²) in [5.41, 5.74) is -0.944. The van der Waals surface area contributed by atoms with Gasteiger partial charge in [-0.2, -0.15) is 11.8 Å². The van der Waals surface area contributed by atoms with Crippen molar-refractivity contribution in [1.82, 2.24) is 10.2 Å². The maximum atomic E-state index is 13.0. The Bertz CT molecular complexity index is 472. The van der Waals surface area contributed by atoms with E-state index in [1.165, 1.54) is 11.8 Å². The lowest BCUT2D eigenvalue weighted by atomic mass is 9.76. The number of nitrogens with one attached hydrogen (secondary N) is 1. The molecular weight excluding hydrogens is 340 g/mol. The van der Waals surface area contributed by atoms with E-state index in [9.17, 15) is 14.7 Å². The van der Waals surface area contributed by atoms with E-state index in [-0.39, 0.29) is 29.2 Å². The van der Waals surface area contributed by atoms with E-state index in [1.54, 1.807) is 4.90 Å². The molecule has 0 radical (unpaired) electrons. The van der Waals surface area contributed by atoms with Crippen molar-refractivity contribution in [3.63, 3.8) is 0 Å². The van der Waals surface area contributed by atoms with Crippen molar-refractivity contribution < 1.29 is 19.4 Å². The van der Waals surface area contributed by atoms with Crippen molar-refractivity contribution in [3.05, 3.63) is 0 Å². The van der Waals surface area contributed by atoms with Gasteiger partial charge in [0.05, 0.1) is 6.61 Å². The molecule has 2 N–H and O–H groups in total. The average molecular weight is 375 g/mol. The first-order valence-corrected chi connectivity index (χ1v) is 10.2. The fourth-order valence-electron chi connectivity index (χ4n) is 3.24. The third kappa shape index (κ3) is 6.06. The van der Waals surface area contributed by atoms with Gasteiger partial charge >= 0.3 is 6.09 Å². The lowest BCUT2D eigenvalue weighted by Crippen LogP contribution is -2.61. The zero-order valence-corrected chi connectivity index (χ0v) is 17.4. The van der Waals surface area contributed by atoms with Crippen LogP contribution in [0.4, 0.5) is 4.79 Å². The second-order valence-corrected chi connectivity index (χ2v) is 9.50. The van der Waals surface area contributed by atoms with Crippen molar-refractivity contribution >= 4 is 23.8 Å². The van der Waals surface area contributed by atoms with Crippen molar-refractivity contribution in [2.24, 2.45) is 5.41 Å². The fraction of sp³-hybridized carbons (Fsp3) is 0.889. The minimum Gasteiger partial charge on any atom is -0.444 e. The van der Waals surface area contributed by atoms with E-state index in [1.807, 2.05) is 47.8 Å². The summed E-state index contributed by atoms with van der Waals surface area (Å²) in [7, 11) is 0. The number of hydrogen-bond donors (Lipinski definition) is 2. The Kier molecular flexibility index (Phi) is 7.62. The maximum absolute atomic E-state index is 13.0. The second-order valence-electron chi connectivity index (χ2n) is 8.42. The summed E-state index contributed by atoms with van der Waals surface area (Å²) in [6.07, 6.45) is 3.17. The minimum absolute atomic E-state index is 0.00749. The fourth-order valence-corrected chi connectivity index (χ4v) is 3.86. The predicted octanol–water partition coefficient (Wildman–Crippen LogP) is 2.64. The van der Waals surface area contributed by atoms with Crippen LogP contribution >= 0.6 is 11.8 Å². The number of likely N-dealkylation sites (tertiary alicyclic amines) is 1. The van der Waals surface area contributed by atoms with Gasteiger partial charge in [0, 0.05) is 17.8 Å². The highest BCUT2D eigenvalue weighted by Crippen LogP contribution is 2.36. The Labute approximate surface area is 156 Å². The molecule has 146 valence electrons. The van der Waals surface area contributed by atoms with E-state index in [4.69, 9.17) is 4.74 Å².